The molecule has 5 nitrogen and oxygen atoms in total. The van der Waals surface area contributed by atoms with Gasteiger partial charge in [0, 0.05) is 19.0 Å². The number of carbonyl (C=O) groups excluding carboxylic acids is 2. The molecule has 2 rings (SSSR count). The summed E-state index contributed by atoms with van der Waals surface area (Å²) in [7, 11) is 0. The van der Waals surface area contributed by atoms with Crippen LogP contribution in [0.2, 0.25) is 0 Å². The van der Waals surface area contributed by atoms with Crippen molar-refractivity contribution in [1.29, 1.82) is 0 Å². The molecule has 108 valence electrons. The normalized spacial score (nSPS) is 17.9. The van der Waals surface area contributed by atoms with Gasteiger partial charge in [-0.05, 0) is 24.9 Å². The zero-order chi connectivity index (χ0) is 14.4. The van der Waals surface area contributed by atoms with Crippen LogP contribution in [0.1, 0.15) is 18.4 Å². The maximum absolute atomic E-state index is 12.3. The van der Waals surface area contributed by atoms with E-state index in [4.69, 9.17) is 5.73 Å². The van der Waals surface area contributed by atoms with Gasteiger partial charge in [0.25, 0.3) is 0 Å². The van der Waals surface area contributed by atoms with E-state index in [9.17, 15) is 9.59 Å². The van der Waals surface area contributed by atoms with Gasteiger partial charge in [-0.1, -0.05) is 30.3 Å². The molecule has 1 saturated heterocycles. The number of hydrogen-bond acceptors (Lipinski definition) is 3. The Kier molecular flexibility index (Phi) is 5.12. The van der Waals surface area contributed by atoms with Gasteiger partial charge in [0.1, 0.15) is 0 Å². The molecule has 1 aliphatic heterocycles. The Bertz CT molecular complexity index is 455. The lowest BCUT2D eigenvalue weighted by atomic mass is 10.1. The van der Waals surface area contributed by atoms with Crippen LogP contribution in [0.25, 0.3) is 0 Å². The van der Waals surface area contributed by atoms with Gasteiger partial charge < -0.3 is 16.0 Å². The quantitative estimate of drug-likeness (QED) is 0.784. The van der Waals surface area contributed by atoms with E-state index in [1.54, 1.807) is 4.90 Å². The molecule has 3 N–H and O–H groups in total. The number of nitrogens with zero attached hydrogens (tertiary/aromatic N) is 1. The van der Waals surface area contributed by atoms with Crippen molar-refractivity contribution in [2.75, 3.05) is 19.6 Å². The lowest BCUT2D eigenvalue weighted by Gasteiger charge is -2.27. The number of carbonyl (C=O) groups is 2. The third-order valence-electron chi connectivity index (χ3n) is 3.59. The van der Waals surface area contributed by atoms with Crippen molar-refractivity contribution in [3.63, 3.8) is 0 Å². The first kappa shape index (κ1) is 14.5. The molecule has 1 aromatic rings. The minimum atomic E-state index is -0.454. The molecule has 2 amide bonds. The van der Waals surface area contributed by atoms with Crippen molar-refractivity contribution in [1.82, 2.24) is 10.2 Å². The molecule has 1 atom stereocenters. The summed E-state index contributed by atoms with van der Waals surface area (Å²) in [5.41, 5.74) is 6.38. The highest BCUT2D eigenvalue weighted by atomic mass is 16.2. The molecule has 0 aliphatic carbocycles. The molecule has 1 aliphatic rings. The van der Waals surface area contributed by atoms with E-state index < -0.39 is 5.91 Å². The highest BCUT2D eigenvalue weighted by molar-refractivity contribution is 5.84. The van der Waals surface area contributed by atoms with E-state index in [1.165, 1.54) is 0 Å². The van der Waals surface area contributed by atoms with Gasteiger partial charge in [0.15, 0.2) is 0 Å². The summed E-state index contributed by atoms with van der Waals surface area (Å²) in [4.78, 5) is 25.1. The average molecular weight is 275 g/mol. The molecule has 0 aromatic heterocycles. The topological polar surface area (TPSA) is 75.4 Å². The van der Waals surface area contributed by atoms with Gasteiger partial charge in [-0.25, -0.2) is 0 Å². The standard InChI is InChI=1S/C15H21N3O2/c16-14(19)11-18(13-8-9-17-10-13)15(20)7-6-12-4-2-1-3-5-12/h1-5,13,17H,6-11H2,(H2,16,19). The van der Waals surface area contributed by atoms with Gasteiger partial charge in [-0.3, -0.25) is 9.59 Å². The Morgan fingerprint density at radius 1 is 1.30 bits per heavy atom. The summed E-state index contributed by atoms with van der Waals surface area (Å²) in [6, 6.07) is 9.97. The molecule has 1 unspecified atom stereocenters. The van der Waals surface area contributed by atoms with E-state index in [2.05, 4.69) is 5.32 Å². The fraction of sp³-hybridized carbons (Fsp3) is 0.467. The molecular weight excluding hydrogens is 254 g/mol. The predicted molar refractivity (Wildman–Crippen MR) is 76.9 cm³/mol. The smallest absolute Gasteiger partial charge is 0.237 e. The van der Waals surface area contributed by atoms with Gasteiger partial charge in [-0.15, -0.1) is 0 Å². The minimum Gasteiger partial charge on any atom is -0.368 e. The predicted octanol–water partition coefficient (Wildman–Crippen LogP) is 0.295. The number of benzene rings is 1. The SMILES string of the molecule is NC(=O)CN(C(=O)CCc1ccccc1)C1CCNC1. The van der Waals surface area contributed by atoms with Crippen LogP contribution in [0, 0.1) is 0 Å². The summed E-state index contributed by atoms with van der Waals surface area (Å²) in [5, 5.41) is 3.21. The van der Waals surface area contributed by atoms with Crippen molar-refractivity contribution in [3.8, 4) is 0 Å². The third-order valence-corrected chi connectivity index (χ3v) is 3.59. The van der Waals surface area contributed by atoms with Gasteiger partial charge in [0.2, 0.25) is 11.8 Å². The van der Waals surface area contributed by atoms with Gasteiger partial charge in [-0.2, -0.15) is 0 Å². The second-order valence-electron chi connectivity index (χ2n) is 5.12. The Labute approximate surface area is 119 Å². The van der Waals surface area contributed by atoms with Crippen LogP contribution in [0.5, 0.6) is 0 Å². The monoisotopic (exact) mass is 275 g/mol. The number of aryl methyl sites for hydroxylation is 1. The van der Waals surface area contributed by atoms with Crippen molar-refractivity contribution in [2.24, 2.45) is 5.73 Å². The molecule has 1 heterocycles. The molecule has 1 fully saturated rings. The van der Waals surface area contributed by atoms with E-state index in [0.29, 0.717) is 12.8 Å². The van der Waals surface area contributed by atoms with E-state index in [-0.39, 0.29) is 18.5 Å². The van der Waals surface area contributed by atoms with Crippen LogP contribution in [-0.2, 0) is 16.0 Å². The van der Waals surface area contributed by atoms with Crippen LogP contribution >= 0.6 is 0 Å². The molecule has 0 bridgehead atoms. The second kappa shape index (κ2) is 7.05. The second-order valence-corrected chi connectivity index (χ2v) is 5.12. The van der Waals surface area contributed by atoms with Crippen molar-refractivity contribution in [2.45, 2.75) is 25.3 Å². The molecule has 20 heavy (non-hydrogen) atoms. The average Bonchev–Trinajstić information content (AvgIpc) is 2.97. The molecule has 1 aromatic carbocycles. The number of primary amides is 1. The van der Waals surface area contributed by atoms with Crippen LogP contribution < -0.4 is 11.1 Å². The summed E-state index contributed by atoms with van der Waals surface area (Å²) in [6.07, 6.45) is 1.98. The van der Waals surface area contributed by atoms with E-state index in [0.717, 1.165) is 25.1 Å². The first-order chi connectivity index (χ1) is 9.66. The van der Waals surface area contributed by atoms with Gasteiger partial charge in [0.05, 0.1) is 6.54 Å². The Hall–Kier alpha value is -1.88. The molecule has 0 saturated carbocycles. The zero-order valence-corrected chi connectivity index (χ0v) is 11.5. The van der Waals surface area contributed by atoms with E-state index in [1.807, 2.05) is 30.3 Å². The minimum absolute atomic E-state index is 0.00125. The fourth-order valence-corrected chi connectivity index (χ4v) is 2.53. The summed E-state index contributed by atoms with van der Waals surface area (Å²) < 4.78 is 0. The molecular formula is C15H21N3O2. The Balaban J connectivity index is 1.93. The van der Waals surface area contributed by atoms with Crippen molar-refractivity contribution in [3.05, 3.63) is 35.9 Å². The Morgan fingerprint density at radius 3 is 2.65 bits per heavy atom. The molecule has 5 heteroatoms. The van der Waals surface area contributed by atoms with Crippen molar-refractivity contribution >= 4 is 11.8 Å². The number of nitrogens with two attached hydrogens (primary N) is 1. The third kappa shape index (κ3) is 4.06. The maximum Gasteiger partial charge on any atom is 0.237 e. The highest BCUT2D eigenvalue weighted by Crippen LogP contribution is 2.12. The summed E-state index contributed by atoms with van der Waals surface area (Å²) >= 11 is 0. The summed E-state index contributed by atoms with van der Waals surface area (Å²) in [6.45, 7) is 1.64. The van der Waals surface area contributed by atoms with Crippen molar-refractivity contribution < 1.29 is 9.59 Å². The highest BCUT2D eigenvalue weighted by Gasteiger charge is 2.27. The number of hydrogen-bond donors (Lipinski definition) is 2. The first-order valence-electron chi connectivity index (χ1n) is 6.99. The zero-order valence-electron chi connectivity index (χ0n) is 11.5. The molecule has 0 spiro atoms. The number of nitrogens with one attached hydrogen (secondary N) is 1. The summed E-state index contributed by atoms with van der Waals surface area (Å²) in [5.74, 6) is -0.452. The Morgan fingerprint density at radius 2 is 2.05 bits per heavy atom. The lowest BCUT2D eigenvalue weighted by Crippen LogP contribution is -2.46. The van der Waals surface area contributed by atoms with Crippen LogP contribution in [0.15, 0.2) is 30.3 Å². The number of rotatable bonds is 6. The maximum atomic E-state index is 12.3. The fourth-order valence-electron chi connectivity index (χ4n) is 2.53. The largest absolute Gasteiger partial charge is 0.368 e. The van der Waals surface area contributed by atoms with E-state index >= 15 is 0 Å². The first-order valence-corrected chi connectivity index (χ1v) is 6.99. The molecule has 0 radical (unpaired) electrons. The van der Waals surface area contributed by atoms with Gasteiger partial charge >= 0.3 is 0 Å². The van der Waals surface area contributed by atoms with Crippen LogP contribution in [-0.4, -0.2) is 42.4 Å². The van der Waals surface area contributed by atoms with Crippen LogP contribution in [0.4, 0.5) is 0 Å². The number of amides is 2. The van der Waals surface area contributed by atoms with Crippen LogP contribution in [0.3, 0.4) is 0 Å². The lowest BCUT2D eigenvalue weighted by molar-refractivity contribution is -0.137.